The zero-order valence-electron chi connectivity index (χ0n) is 7.69. The van der Waals surface area contributed by atoms with Crippen LogP contribution in [0.5, 0.6) is 0 Å². The molecule has 0 radical (unpaired) electrons. The van der Waals surface area contributed by atoms with Gasteiger partial charge < -0.3 is 5.32 Å². The van der Waals surface area contributed by atoms with Gasteiger partial charge in [-0.2, -0.15) is 5.10 Å². The molecule has 13 heavy (non-hydrogen) atoms. The van der Waals surface area contributed by atoms with Gasteiger partial charge in [-0.1, -0.05) is 13.8 Å². The van der Waals surface area contributed by atoms with Gasteiger partial charge in [0, 0.05) is 6.42 Å². The number of amides is 1. The minimum Gasteiger partial charge on any atom is -0.309 e. The number of hydrogen-bond acceptors (Lipinski definition) is 4. The Bertz CT molecular complexity index is 273. The SMILES string of the molecule is CC(C)CC(=O)Nc1cnncn1. The van der Waals surface area contributed by atoms with Crippen LogP contribution >= 0.6 is 0 Å². The monoisotopic (exact) mass is 180 g/mol. The van der Waals surface area contributed by atoms with Crippen molar-refractivity contribution < 1.29 is 4.79 Å². The van der Waals surface area contributed by atoms with Crippen LogP contribution in [0.25, 0.3) is 0 Å². The van der Waals surface area contributed by atoms with Gasteiger partial charge in [0.2, 0.25) is 5.91 Å². The molecule has 0 aliphatic rings. The summed E-state index contributed by atoms with van der Waals surface area (Å²) < 4.78 is 0. The average molecular weight is 180 g/mol. The van der Waals surface area contributed by atoms with E-state index in [2.05, 4.69) is 20.5 Å². The van der Waals surface area contributed by atoms with Crippen LogP contribution in [0.15, 0.2) is 12.5 Å². The summed E-state index contributed by atoms with van der Waals surface area (Å²) in [7, 11) is 0. The summed E-state index contributed by atoms with van der Waals surface area (Å²) in [6, 6.07) is 0. The van der Waals surface area contributed by atoms with Crippen LogP contribution in [0.4, 0.5) is 5.82 Å². The van der Waals surface area contributed by atoms with Crippen molar-refractivity contribution in [1.29, 1.82) is 0 Å². The van der Waals surface area contributed by atoms with Gasteiger partial charge in [-0.3, -0.25) is 4.79 Å². The molecule has 0 fully saturated rings. The lowest BCUT2D eigenvalue weighted by Gasteiger charge is -2.04. The van der Waals surface area contributed by atoms with Crippen molar-refractivity contribution >= 4 is 11.7 Å². The van der Waals surface area contributed by atoms with Crippen molar-refractivity contribution in [2.24, 2.45) is 5.92 Å². The Hall–Kier alpha value is -1.52. The van der Waals surface area contributed by atoms with Gasteiger partial charge in [-0.25, -0.2) is 4.98 Å². The van der Waals surface area contributed by atoms with Crippen molar-refractivity contribution in [3.63, 3.8) is 0 Å². The molecule has 0 aliphatic heterocycles. The molecular weight excluding hydrogens is 168 g/mol. The van der Waals surface area contributed by atoms with Crippen molar-refractivity contribution in [2.75, 3.05) is 5.32 Å². The van der Waals surface area contributed by atoms with E-state index in [1.165, 1.54) is 12.5 Å². The highest BCUT2D eigenvalue weighted by molar-refractivity contribution is 5.89. The fourth-order valence-electron chi connectivity index (χ4n) is 0.868. The van der Waals surface area contributed by atoms with E-state index in [4.69, 9.17) is 0 Å². The van der Waals surface area contributed by atoms with Crippen molar-refractivity contribution in [3.8, 4) is 0 Å². The van der Waals surface area contributed by atoms with E-state index < -0.39 is 0 Å². The molecule has 1 aromatic rings. The van der Waals surface area contributed by atoms with E-state index in [0.29, 0.717) is 18.2 Å². The van der Waals surface area contributed by atoms with Crippen molar-refractivity contribution in [2.45, 2.75) is 20.3 Å². The number of anilines is 1. The zero-order chi connectivity index (χ0) is 9.68. The molecule has 1 N–H and O–H groups in total. The van der Waals surface area contributed by atoms with Gasteiger partial charge in [-0.05, 0) is 5.92 Å². The maximum Gasteiger partial charge on any atom is 0.225 e. The van der Waals surface area contributed by atoms with E-state index >= 15 is 0 Å². The van der Waals surface area contributed by atoms with Crippen molar-refractivity contribution in [1.82, 2.24) is 15.2 Å². The summed E-state index contributed by atoms with van der Waals surface area (Å²) in [4.78, 5) is 15.0. The highest BCUT2D eigenvalue weighted by Crippen LogP contribution is 2.02. The summed E-state index contributed by atoms with van der Waals surface area (Å²) in [5.74, 6) is 0.742. The van der Waals surface area contributed by atoms with Gasteiger partial charge in [0.15, 0.2) is 5.82 Å². The Morgan fingerprint density at radius 3 is 2.85 bits per heavy atom. The topological polar surface area (TPSA) is 67.8 Å². The van der Waals surface area contributed by atoms with Crippen LogP contribution < -0.4 is 5.32 Å². The molecule has 0 aromatic carbocycles. The van der Waals surface area contributed by atoms with Gasteiger partial charge in [0.1, 0.15) is 6.33 Å². The minimum atomic E-state index is -0.0458. The van der Waals surface area contributed by atoms with Crippen LogP contribution in [0.2, 0.25) is 0 Å². The fourth-order valence-corrected chi connectivity index (χ4v) is 0.868. The molecule has 1 heterocycles. The van der Waals surface area contributed by atoms with Crippen LogP contribution in [0, 0.1) is 5.92 Å². The Balaban J connectivity index is 2.46. The Kier molecular flexibility index (Phi) is 3.31. The first-order chi connectivity index (χ1) is 6.18. The maximum atomic E-state index is 11.2. The van der Waals surface area contributed by atoms with Gasteiger partial charge in [0.25, 0.3) is 0 Å². The molecule has 5 heteroatoms. The lowest BCUT2D eigenvalue weighted by atomic mass is 10.1. The first kappa shape index (κ1) is 9.57. The third kappa shape index (κ3) is 3.59. The molecule has 0 saturated heterocycles. The smallest absolute Gasteiger partial charge is 0.225 e. The van der Waals surface area contributed by atoms with Gasteiger partial charge in [-0.15, -0.1) is 5.10 Å². The van der Waals surface area contributed by atoms with E-state index in [1.54, 1.807) is 0 Å². The Morgan fingerprint density at radius 2 is 2.31 bits per heavy atom. The van der Waals surface area contributed by atoms with Crippen molar-refractivity contribution in [3.05, 3.63) is 12.5 Å². The second-order valence-electron chi connectivity index (χ2n) is 3.14. The number of nitrogens with zero attached hydrogens (tertiary/aromatic N) is 3. The Morgan fingerprint density at radius 1 is 1.54 bits per heavy atom. The molecule has 0 aliphatic carbocycles. The quantitative estimate of drug-likeness (QED) is 0.749. The number of carbonyl (C=O) groups excluding carboxylic acids is 1. The number of hydrogen-bond donors (Lipinski definition) is 1. The fraction of sp³-hybridized carbons (Fsp3) is 0.500. The summed E-state index contributed by atoms with van der Waals surface area (Å²) in [5, 5.41) is 9.71. The molecule has 0 saturated carbocycles. The maximum absolute atomic E-state index is 11.2. The van der Waals surface area contributed by atoms with Crippen LogP contribution in [-0.2, 0) is 4.79 Å². The summed E-state index contributed by atoms with van der Waals surface area (Å²) in [6.07, 6.45) is 3.20. The van der Waals surface area contributed by atoms with E-state index in [0.717, 1.165) is 0 Å². The number of nitrogens with one attached hydrogen (secondary N) is 1. The number of rotatable bonds is 3. The summed E-state index contributed by atoms with van der Waals surface area (Å²) in [6.45, 7) is 3.97. The summed E-state index contributed by atoms with van der Waals surface area (Å²) >= 11 is 0. The molecule has 1 amide bonds. The molecule has 70 valence electrons. The molecule has 5 nitrogen and oxygen atoms in total. The first-order valence-electron chi connectivity index (χ1n) is 4.11. The average Bonchev–Trinajstić information content (AvgIpc) is 2.04. The van der Waals surface area contributed by atoms with E-state index in [1.807, 2.05) is 13.8 Å². The summed E-state index contributed by atoms with van der Waals surface area (Å²) in [5.41, 5.74) is 0. The third-order valence-corrected chi connectivity index (χ3v) is 1.36. The van der Waals surface area contributed by atoms with E-state index in [9.17, 15) is 4.79 Å². The normalized spacial score (nSPS) is 10.1. The molecule has 1 rings (SSSR count). The van der Waals surface area contributed by atoms with Crippen LogP contribution in [-0.4, -0.2) is 21.1 Å². The largest absolute Gasteiger partial charge is 0.309 e. The predicted molar refractivity (Wildman–Crippen MR) is 47.9 cm³/mol. The standard InChI is InChI=1S/C8H12N4O/c1-6(2)3-8(13)12-7-4-10-11-5-9-7/h4-6H,3H2,1-2H3,(H,9,11,12,13). The highest BCUT2D eigenvalue weighted by Gasteiger charge is 2.05. The second kappa shape index (κ2) is 4.49. The van der Waals surface area contributed by atoms with Gasteiger partial charge >= 0.3 is 0 Å². The number of aromatic nitrogens is 3. The molecule has 0 atom stereocenters. The molecule has 1 aromatic heterocycles. The third-order valence-electron chi connectivity index (χ3n) is 1.36. The van der Waals surface area contributed by atoms with E-state index in [-0.39, 0.29) is 5.91 Å². The van der Waals surface area contributed by atoms with Crippen LogP contribution in [0.3, 0.4) is 0 Å². The zero-order valence-corrected chi connectivity index (χ0v) is 7.69. The molecule has 0 bridgehead atoms. The Labute approximate surface area is 76.6 Å². The molecule has 0 unspecified atom stereocenters. The predicted octanol–water partition coefficient (Wildman–Crippen LogP) is 0.856. The minimum absolute atomic E-state index is 0.0458. The number of carbonyl (C=O) groups is 1. The molecular formula is C8H12N4O. The second-order valence-corrected chi connectivity index (χ2v) is 3.14. The van der Waals surface area contributed by atoms with Gasteiger partial charge in [0.05, 0.1) is 6.20 Å². The van der Waals surface area contributed by atoms with Crippen LogP contribution in [0.1, 0.15) is 20.3 Å². The lowest BCUT2D eigenvalue weighted by molar-refractivity contribution is -0.116. The lowest BCUT2D eigenvalue weighted by Crippen LogP contribution is -2.14. The first-order valence-corrected chi connectivity index (χ1v) is 4.11. The highest BCUT2D eigenvalue weighted by atomic mass is 16.1. The molecule has 0 spiro atoms.